The maximum absolute atomic E-state index is 5.97. The molecule has 1 aliphatic heterocycles. The molecule has 5 heteroatoms. The van der Waals surface area contributed by atoms with Gasteiger partial charge in [0, 0.05) is 18.7 Å². The van der Waals surface area contributed by atoms with Crippen LogP contribution in [0.5, 0.6) is 5.75 Å². The molecule has 0 aromatic heterocycles. The van der Waals surface area contributed by atoms with Crippen LogP contribution < -0.4 is 10.1 Å². The third-order valence-electron chi connectivity index (χ3n) is 3.63. The van der Waals surface area contributed by atoms with E-state index in [1.807, 2.05) is 36.4 Å². The summed E-state index contributed by atoms with van der Waals surface area (Å²) in [5.74, 6) is 1.70. The average Bonchev–Trinajstić information content (AvgIpc) is 3.10. The van der Waals surface area contributed by atoms with Crippen molar-refractivity contribution in [1.29, 1.82) is 0 Å². The average molecular weight is 331 g/mol. The number of methoxy groups -OCH3 is 1. The van der Waals surface area contributed by atoms with Crippen molar-refractivity contribution in [2.45, 2.75) is 0 Å². The van der Waals surface area contributed by atoms with Gasteiger partial charge in [0.15, 0.2) is 0 Å². The van der Waals surface area contributed by atoms with Gasteiger partial charge in [-0.2, -0.15) is 0 Å². The van der Waals surface area contributed by atoms with Crippen LogP contribution in [0.15, 0.2) is 47.5 Å². The second-order valence-corrected chi connectivity index (χ2v) is 5.65. The molecule has 0 amide bonds. The fourth-order valence-electron chi connectivity index (χ4n) is 2.48. The van der Waals surface area contributed by atoms with Crippen LogP contribution in [0, 0.1) is 0 Å². The second-order valence-electron chi connectivity index (χ2n) is 5.22. The summed E-state index contributed by atoms with van der Waals surface area (Å²) in [5, 5.41) is 4.04. The van der Waals surface area contributed by atoms with E-state index in [1.54, 1.807) is 7.11 Å². The van der Waals surface area contributed by atoms with E-state index >= 15 is 0 Å². The molecule has 0 saturated carbocycles. The molecule has 0 radical (unpaired) electrons. The Morgan fingerprint density at radius 2 is 1.87 bits per heavy atom. The van der Waals surface area contributed by atoms with Gasteiger partial charge in [-0.15, -0.1) is 0 Å². The quantitative estimate of drug-likeness (QED) is 0.826. The van der Waals surface area contributed by atoms with E-state index in [9.17, 15) is 0 Å². The van der Waals surface area contributed by atoms with E-state index in [4.69, 9.17) is 21.1 Å². The molecule has 1 N–H and O–H groups in total. The summed E-state index contributed by atoms with van der Waals surface area (Å²) in [6.07, 6.45) is 0. The number of ether oxygens (including phenoxy) is 2. The number of amidine groups is 1. The number of rotatable bonds is 6. The molecule has 0 unspecified atom stereocenters. The van der Waals surface area contributed by atoms with Crippen molar-refractivity contribution in [3.05, 3.63) is 53.1 Å². The zero-order valence-corrected chi connectivity index (χ0v) is 13.8. The van der Waals surface area contributed by atoms with Gasteiger partial charge < -0.3 is 14.8 Å². The third-order valence-corrected chi connectivity index (χ3v) is 3.88. The molecular weight excluding hydrogens is 312 g/mol. The number of nitrogens with zero attached hydrogens (tertiary/aromatic N) is 1. The largest absolute Gasteiger partial charge is 0.490 e. The van der Waals surface area contributed by atoms with Crippen LogP contribution in [0.2, 0.25) is 5.02 Å². The maximum atomic E-state index is 5.97. The van der Waals surface area contributed by atoms with E-state index in [1.165, 1.54) is 0 Å². The van der Waals surface area contributed by atoms with Crippen molar-refractivity contribution in [1.82, 2.24) is 5.32 Å². The first-order valence-corrected chi connectivity index (χ1v) is 7.96. The van der Waals surface area contributed by atoms with E-state index in [-0.39, 0.29) is 0 Å². The highest BCUT2D eigenvalue weighted by molar-refractivity contribution is 6.30. The van der Waals surface area contributed by atoms with Crippen LogP contribution in [0.3, 0.4) is 0 Å². The lowest BCUT2D eigenvalue weighted by molar-refractivity contribution is 0.146. The van der Waals surface area contributed by atoms with Gasteiger partial charge in [-0.25, -0.2) is 0 Å². The van der Waals surface area contributed by atoms with Crippen LogP contribution >= 0.6 is 11.6 Å². The Kier molecular flexibility index (Phi) is 5.16. The minimum atomic E-state index is 0.511. The van der Waals surface area contributed by atoms with Gasteiger partial charge in [-0.3, -0.25) is 4.99 Å². The van der Waals surface area contributed by atoms with Gasteiger partial charge in [0.2, 0.25) is 0 Å². The highest BCUT2D eigenvalue weighted by atomic mass is 35.5. The number of hydrogen-bond acceptors (Lipinski definition) is 4. The number of hydrogen-bond donors (Lipinski definition) is 1. The van der Waals surface area contributed by atoms with Crippen molar-refractivity contribution in [2.75, 3.05) is 33.4 Å². The molecule has 0 saturated heterocycles. The minimum absolute atomic E-state index is 0.511. The van der Waals surface area contributed by atoms with Gasteiger partial charge in [0.1, 0.15) is 18.2 Å². The van der Waals surface area contributed by atoms with Crippen LogP contribution in [-0.4, -0.2) is 39.2 Å². The molecule has 0 atom stereocenters. The Morgan fingerprint density at radius 3 is 2.57 bits per heavy atom. The molecule has 4 nitrogen and oxygen atoms in total. The molecule has 0 bridgehead atoms. The lowest BCUT2D eigenvalue weighted by Gasteiger charge is -2.14. The monoisotopic (exact) mass is 330 g/mol. The Hall–Kier alpha value is -2.04. The normalized spacial score (nSPS) is 13.6. The summed E-state index contributed by atoms with van der Waals surface area (Å²) in [7, 11) is 1.66. The molecule has 2 aromatic carbocycles. The van der Waals surface area contributed by atoms with Crippen LogP contribution in [0.4, 0.5) is 0 Å². The number of halogens is 1. The van der Waals surface area contributed by atoms with Gasteiger partial charge >= 0.3 is 0 Å². The van der Waals surface area contributed by atoms with Crippen LogP contribution in [0.1, 0.15) is 5.56 Å². The Morgan fingerprint density at radius 1 is 1.09 bits per heavy atom. The van der Waals surface area contributed by atoms with Crippen molar-refractivity contribution in [3.8, 4) is 16.9 Å². The molecule has 0 spiro atoms. The van der Waals surface area contributed by atoms with E-state index in [0.717, 1.165) is 46.4 Å². The van der Waals surface area contributed by atoms with Crippen molar-refractivity contribution < 1.29 is 9.47 Å². The summed E-state index contributed by atoms with van der Waals surface area (Å²) in [4.78, 5) is 4.52. The standard InChI is InChI=1S/C18H19ClN2O2/c1-22-10-11-23-17-7-4-14(13-2-5-15(19)6-3-13)12-16(17)18-20-8-9-21-18/h2-7,12H,8-11H2,1H3,(H,20,21). The van der Waals surface area contributed by atoms with Crippen LogP contribution in [0.25, 0.3) is 11.1 Å². The minimum Gasteiger partial charge on any atom is -0.490 e. The predicted molar refractivity (Wildman–Crippen MR) is 93.7 cm³/mol. The van der Waals surface area contributed by atoms with Crippen LogP contribution in [-0.2, 0) is 4.74 Å². The lowest BCUT2D eigenvalue weighted by Crippen LogP contribution is -2.20. The first kappa shape index (κ1) is 15.8. The Bertz CT molecular complexity index is 699. The first-order chi connectivity index (χ1) is 11.3. The molecule has 120 valence electrons. The molecular formula is C18H19ClN2O2. The zero-order chi connectivity index (χ0) is 16.1. The van der Waals surface area contributed by atoms with Crippen molar-refractivity contribution >= 4 is 17.4 Å². The Balaban J connectivity index is 1.93. The number of benzene rings is 2. The first-order valence-electron chi connectivity index (χ1n) is 7.58. The molecule has 0 aliphatic carbocycles. The summed E-state index contributed by atoms with van der Waals surface area (Å²) in [6.45, 7) is 2.71. The smallest absolute Gasteiger partial charge is 0.132 e. The summed E-state index contributed by atoms with van der Waals surface area (Å²) >= 11 is 5.97. The predicted octanol–water partition coefficient (Wildman–Crippen LogP) is 3.38. The van der Waals surface area contributed by atoms with E-state index < -0.39 is 0 Å². The van der Waals surface area contributed by atoms with Gasteiger partial charge in [-0.05, 0) is 35.4 Å². The maximum Gasteiger partial charge on any atom is 0.132 e. The summed E-state index contributed by atoms with van der Waals surface area (Å²) in [5.41, 5.74) is 3.19. The fraction of sp³-hybridized carbons (Fsp3) is 0.278. The molecule has 0 fully saturated rings. The second kappa shape index (κ2) is 7.49. The third kappa shape index (κ3) is 3.84. The molecule has 2 aromatic rings. The topological polar surface area (TPSA) is 42.9 Å². The van der Waals surface area contributed by atoms with Crippen molar-refractivity contribution in [2.24, 2.45) is 4.99 Å². The SMILES string of the molecule is COCCOc1ccc(-c2ccc(Cl)cc2)cc1C1=NCCN1. The molecule has 23 heavy (non-hydrogen) atoms. The van der Waals surface area contributed by atoms with Gasteiger partial charge in [0.25, 0.3) is 0 Å². The van der Waals surface area contributed by atoms with Gasteiger partial charge in [0.05, 0.1) is 18.7 Å². The number of aliphatic imine (C=N–C) groups is 1. The van der Waals surface area contributed by atoms with E-state index in [0.29, 0.717) is 13.2 Å². The Labute approximate surface area is 141 Å². The van der Waals surface area contributed by atoms with Gasteiger partial charge in [-0.1, -0.05) is 29.8 Å². The zero-order valence-electron chi connectivity index (χ0n) is 13.0. The van der Waals surface area contributed by atoms with Crippen molar-refractivity contribution in [3.63, 3.8) is 0 Å². The molecule has 3 rings (SSSR count). The number of nitrogens with one attached hydrogen (secondary N) is 1. The lowest BCUT2D eigenvalue weighted by atomic mass is 10.0. The highest BCUT2D eigenvalue weighted by Gasteiger charge is 2.15. The summed E-state index contributed by atoms with van der Waals surface area (Å²) < 4.78 is 10.9. The fourth-order valence-corrected chi connectivity index (χ4v) is 2.60. The summed E-state index contributed by atoms with van der Waals surface area (Å²) in [6, 6.07) is 13.9. The molecule has 1 heterocycles. The van der Waals surface area contributed by atoms with E-state index in [2.05, 4.69) is 16.4 Å². The highest BCUT2D eigenvalue weighted by Crippen LogP contribution is 2.28. The molecule has 1 aliphatic rings.